The van der Waals surface area contributed by atoms with Crippen LogP contribution in [-0.2, 0) is 0 Å². The number of hydrogen-bond donors (Lipinski definition) is 1. The number of benzene rings is 2. The van der Waals surface area contributed by atoms with Gasteiger partial charge in [-0.3, -0.25) is 0 Å². The lowest BCUT2D eigenvalue weighted by Gasteiger charge is -2.21. The van der Waals surface area contributed by atoms with Gasteiger partial charge in [0.1, 0.15) is 5.82 Å². The van der Waals surface area contributed by atoms with Gasteiger partial charge in [0.15, 0.2) is 0 Å². The van der Waals surface area contributed by atoms with Crippen LogP contribution < -0.4 is 5.32 Å². The molecule has 0 aliphatic rings. The Morgan fingerprint density at radius 1 is 1.20 bits per heavy atom. The Labute approximate surface area is 128 Å². The Morgan fingerprint density at radius 3 is 2.70 bits per heavy atom. The van der Waals surface area contributed by atoms with E-state index in [1.165, 1.54) is 11.6 Å². The summed E-state index contributed by atoms with van der Waals surface area (Å²) in [7, 11) is 0. The Balaban J connectivity index is 2.44. The van der Waals surface area contributed by atoms with E-state index in [1.807, 2.05) is 18.2 Å². The Kier molecular flexibility index (Phi) is 5.32. The first-order valence-corrected chi connectivity index (χ1v) is 7.66. The van der Waals surface area contributed by atoms with Crippen LogP contribution in [0.5, 0.6) is 0 Å². The summed E-state index contributed by atoms with van der Waals surface area (Å²) >= 11 is 3.43. The van der Waals surface area contributed by atoms with Crippen LogP contribution in [0.25, 0.3) is 0 Å². The zero-order valence-corrected chi connectivity index (χ0v) is 13.4. The SMILES string of the molecule is CCCNC(c1cccc(C)c1)c1cc(Br)ccc1F. The lowest BCUT2D eigenvalue weighted by Crippen LogP contribution is -2.24. The Bertz CT molecular complexity index is 583. The van der Waals surface area contributed by atoms with Gasteiger partial charge in [0, 0.05) is 10.0 Å². The normalized spacial score (nSPS) is 12.4. The maximum Gasteiger partial charge on any atom is 0.128 e. The molecule has 106 valence electrons. The second kappa shape index (κ2) is 7.00. The smallest absolute Gasteiger partial charge is 0.128 e. The van der Waals surface area contributed by atoms with Crippen LogP contribution in [0, 0.1) is 12.7 Å². The van der Waals surface area contributed by atoms with Crippen LogP contribution in [0.3, 0.4) is 0 Å². The number of nitrogens with one attached hydrogen (secondary N) is 1. The molecule has 20 heavy (non-hydrogen) atoms. The highest BCUT2D eigenvalue weighted by Crippen LogP contribution is 2.27. The summed E-state index contributed by atoms with van der Waals surface area (Å²) in [4.78, 5) is 0. The maximum atomic E-state index is 14.2. The van der Waals surface area contributed by atoms with Crippen LogP contribution in [0.2, 0.25) is 0 Å². The molecule has 0 spiro atoms. The highest BCUT2D eigenvalue weighted by atomic mass is 79.9. The van der Waals surface area contributed by atoms with Crippen molar-refractivity contribution in [3.8, 4) is 0 Å². The molecule has 2 rings (SSSR count). The summed E-state index contributed by atoms with van der Waals surface area (Å²) in [6.07, 6.45) is 1.01. The van der Waals surface area contributed by atoms with Crippen LogP contribution in [0.4, 0.5) is 4.39 Å². The molecule has 0 saturated heterocycles. The Hall–Kier alpha value is -1.19. The largest absolute Gasteiger partial charge is 0.306 e. The minimum atomic E-state index is -0.177. The molecule has 0 aromatic heterocycles. The molecule has 1 nitrogen and oxygen atoms in total. The van der Waals surface area contributed by atoms with Crippen molar-refractivity contribution in [1.29, 1.82) is 0 Å². The minimum Gasteiger partial charge on any atom is -0.306 e. The summed E-state index contributed by atoms with van der Waals surface area (Å²) in [6.45, 7) is 5.01. The van der Waals surface area contributed by atoms with Gasteiger partial charge in [0.25, 0.3) is 0 Å². The molecular formula is C17H19BrFN. The fourth-order valence-electron chi connectivity index (χ4n) is 2.28. The van der Waals surface area contributed by atoms with Gasteiger partial charge in [-0.05, 0) is 43.7 Å². The van der Waals surface area contributed by atoms with E-state index in [9.17, 15) is 4.39 Å². The standard InChI is InChI=1S/C17H19BrFN/c1-3-9-20-17(13-6-4-5-12(2)10-13)15-11-14(18)7-8-16(15)19/h4-8,10-11,17,20H,3,9H2,1-2H3. The number of aryl methyl sites for hydroxylation is 1. The minimum absolute atomic E-state index is 0.118. The van der Waals surface area contributed by atoms with Crippen molar-refractivity contribution in [3.05, 3.63) is 69.4 Å². The monoisotopic (exact) mass is 335 g/mol. The van der Waals surface area contributed by atoms with Gasteiger partial charge >= 0.3 is 0 Å². The first-order chi connectivity index (χ1) is 9.61. The molecule has 0 radical (unpaired) electrons. The predicted molar refractivity (Wildman–Crippen MR) is 85.4 cm³/mol. The molecule has 0 saturated carbocycles. The van der Waals surface area contributed by atoms with Crippen molar-refractivity contribution in [2.75, 3.05) is 6.54 Å². The van der Waals surface area contributed by atoms with E-state index in [2.05, 4.69) is 47.2 Å². The molecule has 0 aliphatic heterocycles. The van der Waals surface area contributed by atoms with Crippen LogP contribution in [-0.4, -0.2) is 6.54 Å². The molecule has 0 aliphatic carbocycles. The third-order valence-corrected chi connectivity index (χ3v) is 3.74. The third-order valence-electron chi connectivity index (χ3n) is 3.24. The first kappa shape index (κ1) is 15.2. The van der Waals surface area contributed by atoms with Crippen LogP contribution >= 0.6 is 15.9 Å². The average Bonchev–Trinajstić information content (AvgIpc) is 2.43. The van der Waals surface area contributed by atoms with Crippen molar-refractivity contribution in [2.24, 2.45) is 0 Å². The van der Waals surface area contributed by atoms with Crippen molar-refractivity contribution >= 4 is 15.9 Å². The van der Waals surface area contributed by atoms with Crippen LogP contribution in [0.1, 0.15) is 36.1 Å². The van der Waals surface area contributed by atoms with Gasteiger partial charge in [-0.25, -0.2) is 4.39 Å². The van der Waals surface area contributed by atoms with E-state index in [4.69, 9.17) is 0 Å². The van der Waals surface area contributed by atoms with Gasteiger partial charge in [-0.15, -0.1) is 0 Å². The van der Waals surface area contributed by atoms with E-state index in [1.54, 1.807) is 6.07 Å². The fraction of sp³-hybridized carbons (Fsp3) is 0.294. The van der Waals surface area contributed by atoms with Crippen molar-refractivity contribution < 1.29 is 4.39 Å². The second-order valence-corrected chi connectivity index (χ2v) is 5.88. The van der Waals surface area contributed by atoms with E-state index >= 15 is 0 Å². The van der Waals surface area contributed by atoms with Crippen molar-refractivity contribution in [2.45, 2.75) is 26.3 Å². The van der Waals surface area contributed by atoms with E-state index in [0.29, 0.717) is 5.56 Å². The van der Waals surface area contributed by atoms with Gasteiger partial charge in [0.05, 0.1) is 6.04 Å². The zero-order chi connectivity index (χ0) is 14.5. The molecule has 2 aromatic carbocycles. The van der Waals surface area contributed by atoms with Crippen LogP contribution in [0.15, 0.2) is 46.9 Å². The highest BCUT2D eigenvalue weighted by Gasteiger charge is 2.17. The van der Waals surface area contributed by atoms with E-state index < -0.39 is 0 Å². The lowest BCUT2D eigenvalue weighted by molar-refractivity contribution is 0.546. The first-order valence-electron chi connectivity index (χ1n) is 6.86. The van der Waals surface area contributed by atoms with Gasteiger partial charge < -0.3 is 5.32 Å². The zero-order valence-electron chi connectivity index (χ0n) is 11.8. The summed E-state index contributed by atoms with van der Waals surface area (Å²) in [5.74, 6) is -0.177. The van der Waals surface area contributed by atoms with E-state index in [0.717, 1.165) is 23.0 Å². The number of hydrogen-bond acceptors (Lipinski definition) is 1. The fourth-order valence-corrected chi connectivity index (χ4v) is 2.66. The molecule has 0 heterocycles. The number of rotatable bonds is 5. The topological polar surface area (TPSA) is 12.0 Å². The summed E-state index contributed by atoms with van der Waals surface area (Å²) in [5, 5.41) is 3.44. The molecule has 0 bridgehead atoms. The second-order valence-electron chi connectivity index (χ2n) is 4.97. The summed E-state index contributed by atoms with van der Waals surface area (Å²) in [6, 6.07) is 13.2. The molecule has 2 aromatic rings. The number of halogens is 2. The molecule has 1 unspecified atom stereocenters. The molecule has 1 N–H and O–H groups in total. The van der Waals surface area contributed by atoms with E-state index in [-0.39, 0.29) is 11.9 Å². The lowest BCUT2D eigenvalue weighted by atomic mass is 9.97. The highest BCUT2D eigenvalue weighted by molar-refractivity contribution is 9.10. The maximum absolute atomic E-state index is 14.2. The predicted octanol–water partition coefficient (Wildman–Crippen LogP) is 4.99. The summed E-state index contributed by atoms with van der Waals surface area (Å²) < 4.78 is 15.1. The molecular weight excluding hydrogens is 317 g/mol. The Morgan fingerprint density at radius 2 is 2.00 bits per heavy atom. The quantitative estimate of drug-likeness (QED) is 0.811. The van der Waals surface area contributed by atoms with Crippen molar-refractivity contribution in [3.63, 3.8) is 0 Å². The molecule has 3 heteroatoms. The van der Waals surface area contributed by atoms with Crippen molar-refractivity contribution in [1.82, 2.24) is 5.32 Å². The van der Waals surface area contributed by atoms with Gasteiger partial charge in [0.2, 0.25) is 0 Å². The molecule has 0 fully saturated rings. The molecule has 0 amide bonds. The van der Waals surface area contributed by atoms with Gasteiger partial charge in [-0.1, -0.05) is 52.7 Å². The van der Waals surface area contributed by atoms with Gasteiger partial charge in [-0.2, -0.15) is 0 Å². The third kappa shape index (κ3) is 3.68. The summed E-state index contributed by atoms with van der Waals surface area (Å²) in [5.41, 5.74) is 2.95. The molecule has 1 atom stereocenters. The average molecular weight is 336 g/mol.